The van der Waals surface area contributed by atoms with Crippen molar-refractivity contribution in [3.63, 3.8) is 0 Å². The van der Waals surface area contributed by atoms with E-state index in [2.05, 4.69) is 21.7 Å². The number of aliphatic imine (C=N–C) groups is 1. The van der Waals surface area contributed by atoms with Gasteiger partial charge in [0.25, 0.3) is 0 Å². The van der Waals surface area contributed by atoms with Crippen molar-refractivity contribution in [3.8, 4) is 11.5 Å². The summed E-state index contributed by atoms with van der Waals surface area (Å²) < 4.78 is 17.3. The summed E-state index contributed by atoms with van der Waals surface area (Å²) in [6, 6.07) is 6.03. The molecule has 0 amide bonds. The normalized spacial score (nSPS) is 17.6. The fraction of sp³-hybridized carbons (Fsp3) is 0.682. The molecular weight excluding hydrogens is 354 g/mol. The number of methoxy groups -OCH3 is 1. The van der Waals surface area contributed by atoms with Gasteiger partial charge < -0.3 is 24.8 Å². The SMILES string of the molecule is CN=C(NCCCOCC1CC1)NCc1ccc(OC)cc1OC1CCCC1. The monoisotopic (exact) mass is 389 g/mol. The minimum atomic E-state index is 0.318. The van der Waals surface area contributed by atoms with Gasteiger partial charge in [-0.2, -0.15) is 0 Å². The zero-order valence-corrected chi connectivity index (χ0v) is 17.3. The van der Waals surface area contributed by atoms with Crippen molar-refractivity contribution in [2.24, 2.45) is 10.9 Å². The van der Waals surface area contributed by atoms with Crippen LogP contribution in [0, 0.1) is 5.92 Å². The Bertz CT molecular complexity index is 625. The summed E-state index contributed by atoms with van der Waals surface area (Å²) in [5.41, 5.74) is 1.11. The van der Waals surface area contributed by atoms with Gasteiger partial charge in [0.2, 0.25) is 0 Å². The molecule has 1 aromatic rings. The van der Waals surface area contributed by atoms with E-state index in [0.29, 0.717) is 12.6 Å². The second-order valence-corrected chi connectivity index (χ2v) is 7.72. The van der Waals surface area contributed by atoms with E-state index in [1.54, 1.807) is 14.2 Å². The molecule has 2 N–H and O–H groups in total. The van der Waals surface area contributed by atoms with Crippen molar-refractivity contribution in [1.82, 2.24) is 10.6 Å². The van der Waals surface area contributed by atoms with Crippen LogP contribution in [0.4, 0.5) is 0 Å². The molecule has 156 valence electrons. The first kappa shape index (κ1) is 20.8. The summed E-state index contributed by atoms with van der Waals surface area (Å²) in [6.45, 7) is 3.23. The van der Waals surface area contributed by atoms with Crippen molar-refractivity contribution in [2.45, 2.75) is 57.6 Å². The minimum absolute atomic E-state index is 0.318. The standard InChI is InChI=1S/C22H35N3O3/c1-23-22(24-12-5-13-27-16-17-8-9-17)25-15-18-10-11-20(26-2)14-21(18)28-19-6-3-4-7-19/h10-11,14,17,19H,3-9,12-13,15-16H2,1-2H3,(H2,23,24,25). The van der Waals surface area contributed by atoms with E-state index in [0.717, 1.165) is 68.0 Å². The molecule has 0 spiro atoms. The molecule has 0 heterocycles. The largest absolute Gasteiger partial charge is 0.497 e. The molecule has 3 rings (SSSR count). The van der Waals surface area contributed by atoms with Crippen LogP contribution in [0.25, 0.3) is 0 Å². The number of hydrogen-bond donors (Lipinski definition) is 2. The van der Waals surface area contributed by atoms with Crippen LogP contribution >= 0.6 is 0 Å². The number of benzene rings is 1. The Morgan fingerprint density at radius 1 is 1.14 bits per heavy atom. The number of hydrogen-bond acceptors (Lipinski definition) is 4. The highest BCUT2D eigenvalue weighted by molar-refractivity contribution is 5.79. The number of nitrogens with zero attached hydrogens (tertiary/aromatic N) is 1. The molecule has 2 aliphatic carbocycles. The van der Waals surface area contributed by atoms with Crippen LogP contribution in [0.3, 0.4) is 0 Å². The molecule has 1 aromatic carbocycles. The summed E-state index contributed by atoms with van der Waals surface area (Å²) >= 11 is 0. The Morgan fingerprint density at radius 3 is 2.68 bits per heavy atom. The van der Waals surface area contributed by atoms with Crippen LogP contribution in [-0.2, 0) is 11.3 Å². The summed E-state index contributed by atoms with van der Waals surface area (Å²) in [5.74, 6) is 3.35. The Hall–Kier alpha value is -1.95. The highest BCUT2D eigenvalue weighted by Gasteiger charge is 2.21. The number of guanidine groups is 1. The van der Waals surface area contributed by atoms with Crippen LogP contribution < -0.4 is 20.1 Å². The van der Waals surface area contributed by atoms with Gasteiger partial charge in [-0.15, -0.1) is 0 Å². The molecule has 0 aromatic heterocycles. The summed E-state index contributed by atoms with van der Waals surface area (Å²) in [7, 11) is 3.48. The zero-order valence-electron chi connectivity index (χ0n) is 17.3. The van der Waals surface area contributed by atoms with Crippen molar-refractivity contribution < 1.29 is 14.2 Å². The molecule has 0 saturated heterocycles. The van der Waals surface area contributed by atoms with Crippen LogP contribution in [0.5, 0.6) is 11.5 Å². The molecule has 0 unspecified atom stereocenters. The average molecular weight is 390 g/mol. The van der Waals surface area contributed by atoms with Gasteiger partial charge in [0, 0.05) is 45.0 Å². The molecule has 2 fully saturated rings. The van der Waals surface area contributed by atoms with E-state index in [1.807, 2.05) is 12.1 Å². The Kier molecular flexibility index (Phi) is 8.27. The van der Waals surface area contributed by atoms with Crippen molar-refractivity contribution >= 4 is 5.96 Å². The first-order valence-electron chi connectivity index (χ1n) is 10.6. The molecule has 0 aliphatic heterocycles. The Labute approximate surface area is 169 Å². The molecule has 0 atom stereocenters. The third-order valence-electron chi connectivity index (χ3n) is 5.35. The van der Waals surface area contributed by atoms with Gasteiger partial charge in [-0.3, -0.25) is 4.99 Å². The smallest absolute Gasteiger partial charge is 0.191 e. The Morgan fingerprint density at radius 2 is 1.96 bits per heavy atom. The fourth-order valence-corrected chi connectivity index (χ4v) is 3.42. The molecule has 28 heavy (non-hydrogen) atoms. The lowest BCUT2D eigenvalue weighted by Gasteiger charge is -2.19. The summed E-state index contributed by atoms with van der Waals surface area (Å²) in [6.07, 6.45) is 8.75. The first-order valence-corrected chi connectivity index (χ1v) is 10.6. The second kappa shape index (κ2) is 11.1. The van der Waals surface area contributed by atoms with Gasteiger partial charge in [-0.25, -0.2) is 0 Å². The quantitative estimate of drug-likeness (QED) is 0.345. The van der Waals surface area contributed by atoms with Crippen LogP contribution in [-0.4, -0.2) is 46.0 Å². The lowest BCUT2D eigenvalue weighted by atomic mass is 10.2. The van der Waals surface area contributed by atoms with Crippen molar-refractivity contribution in [3.05, 3.63) is 23.8 Å². The summed E-state index contributed by atoms with van der Waals surface area (Å²) in [4.78, 5) is 4.31. The van der Waals surface area contributed by atoms with Gasteiger partial charge in [-0.1, -0.05) is 0 Å². The van der Waals surface area contributed by atoms with E-state index in [9.17, 15) is 0 Å². The predicted molar refractivity (Wildman–Crippen MR) is 112 cm³/mol. The number of rotatable bonds is 11. The molecule has 2 saturated carbocycles. The maximum atomic E-state index is 6.27. The minimum Gasteiger partial charge on any atom is -0.497 e. The average Bonchev–Trinajstić information content (AvgIpc) is 3.41. The topological polar surface area (TPSA) is 64.1 Å². The number of nitrogens with one attached hydrogen (secondary N) is 2. The third-order valence-corrected chi connectivity index (χ3v) is 5.35. The zero-order chi connectivity index (χ0) is 19.6. The van der Waals surface area contributed by atoms with Crippen LogP contribution in [0.2, 0.25) is 0 Å². The molecule has 6 nitrogen and oxygen atoms in total. The first-order chi connectivity index (χ1) is 13.8. The predicted octanol–water partition coefficient (Wildman–Crippen LogP) is 3.50. The van der Waals surface area contributed by atoms with Crippen LogP contribution in [0.15, 0.2) is 23.2 Å². The molecule has 2 aliphatic rings. The maximum absolute atomic E-state index is 6.27. The van der Waals surface area contributed by atoms with E-state index in [1.165, 1.54) is 25.7 Å². The van der Waals surface area contributed by atoms with Gasteiger partial charge in [0.05, 0.1) is 13.2 Å². The molecule has 0 bridgehead atoms. The van der Waals surface area contributed by atoms with Crippen molar-refractivity contribution in [1.29, 1.82) is 0 Å². The Balaban J connectivity index is 1.44. The van der Waals surface area contributed by atoms with Gasteiger partial charge in [-0.05, 0) is 63.0 Å². The molecular formula is C22H35N3O3. The van der Waals surface area contributed by atoms with Crippen LogP contribution in [0.1, 0.15) is 50.5 Å². The highest BCUT2D eigenvalue weighted by Crippen LogP contribution is 2.30. The van der Waals surface area contributed by atoms with Crippen molar-refractivity contribution in [2.75, 3.05) is 33.9 Å². The lowest BCUT2D eigenvalue weighted by Crippen LogP contribution is -2.37. The van der Waals surface area contributed by atoms with Gasteiger partial charge in [0.15, 0.2) is 5.96 Å². The lowest BCUT2D eigenvalue weighted by molar-refractivity contribution is 0.123. The second-order valence-electron chi connectivity index (χ2n) is 7.72. The van der Waals surface area contributed by atoms with E-state index < -0.39 is 0 Å². The molecule has 0 radical (unpaired) electrons. The van der Waals surface area contributed by atoms with E-state index >= 15 is 0 Å². The fourth-order valence-electron chi connectivity index (χ4n) is 3.42. The maximum Gasteiger partial charge on any atom is 0.191 e. The van der Waals surface area contributed by atoms with Gasteiger partial charge in [0.1, 0.15) is 11.5 Å². The van der Waals surface area contributed by atoms with E-state index in [-0.39, 0.29) is 0 Å². The third kappa shape index (κ3) is 6.89. The van der Waals surface area contributed by atoms with Gasteiger partial charge >= 0.3 is 0 Å². The number of ether oxygens (including phenoxy) is 3. The van der Waals surface area contributed by atoms with E-state index in [4.69, 9.17) is 14.2 Å². The molecule has 6 heteroatoms. The highest BCUT2D eigenvalue weighted by atomic mass is 16.5. The summed E-state index contributed by atoms with van der Waals surface area (Å²) in [5, 5.41) is 6.74.